The minimum absolute atomic E-state index is 0.242. The second-order valence-electron chi connectivity index (χ2n) is 6.85. The molecule has 1 amide bonds. The van der Waals surface area contributed by atoms with E-state index in [9.17, 15) is 4.79 Å². The summed E-state index contributed by atoms with van der Waals surface area (Å²) >= 11 is 0. The van der Waals surface area contributed by atoms with Crippen molar-refractivity contribution < 1.29 is 9.53 Å². The smallest absolute Gasteiger partial charge is 0.229 e. The molecule has 1 fully saturated rings. The van der Waals surface area contributed by atoms with Crippen molar-refractivity contribution >= 4 is 5.91 Å². The lowest BCUT2D eigenvalue weighted by Crippen LogP contribution is -2.45. The van der Waals surface area contributed by atoms with Crippen molar-refractivity contribution in [2.24, 2.45) is 5.41 Å². The summed E-state index contributed by atoms with van der Waals surface area (Å²) in [6, 6.07) is 8.59. The number of hydrogen-bond donors (Lipinski definition) is 0. The molecule has 1 aromatic carbocycles. The van der Waals surface area contributed by atoms with Crippen molar-refractivity contribution in [2.45, 2.75) is 59.0 Å². The molecular weight excluding hydrogens is 262 g/mol. The van der Waals surface area contributed by atoms with E-state index in [1.807, 2.05) is 17.0 Å². The van der Waals surface area contributed by atoms with Crippen LogP contribution < -0.4 is 4.74 Å². The van der Waals surface area contributed by atoms with Crippen molar-refractivity contribution in [1.82, 2.24) is 4.90 Å². The normalized spacial score (nSPS) is 24.3. The molecule has 2 rings (SSSR count). The molecule has 1 aliphatic carbocycles. The highest BCUT2D eigenvalue weighted by Crippen LogP contribution is 2.60. The molecule has 0 saturated heterocycles. The van der Waals surface area contributed by atoms with E-state index in [1.54, 1.807) is 7.11 Å². The lowest BCUT2D eigenvalue weighted by Gasteiger charge is -2.33. The third-order valence-electron chi connectivity index (χ3n) is 4.59. The van der Waals surface area contributed by atoms with Crippen LogP contribution in [0.25, 0.3) is 0 Å². The fourth-order valence-electron chi connectivity index (χ4n) is 3.28. The highest BCUT2D eigenvalue weighted by atomic mass is 16.5. The first kappa shape index (κ1) is 15.9. The fourth-order valence-corrected chi connectivity index (χ4v) is 3.28. The van der Waals surface area contributed by atoms with Gasteiger partial charge in [0.1, 0.15) is 5.75 Å². The topological polar surface area (TPSA) is 29.5 Å². The molecule has 0 spiro atoms. The number of ether oxygens (including phenoxy) is 1. The minimum Gasteiger partial charge on any atom is -0.497 e. The van der Waals surface area contributed by atoms with E-state index in [4.69, 9.17) is 4.74 Å². The summed E-state index contributed by atoms with van der Waals surface area (Å²) in [6.45, 7) is 10.5. The summed E-state index contributed by atoms with van der Waals surface area (Å²) in [5, 5.41) is 0. The summed E-state index contributed by atoms with van der Waals surface area (Å²) in [6.07, 6.45) is 0.939. The van der Waals surface area contributed by atoms with Gasteiger partial charge in [0.25, 0.3) is 0 Å². The molecule has 116 valence electrons. The van der Waals surface area contributed by atoms with Crippen LogP contribution in [0.5, 0.6) is 5.75 Å². The first-order chi connectivity index (χ1) is 9.81. The summed E-state index contributed by atoms with van der Waals surface area (Å²) < 4.78 is 5.19. The predicted molar refractivity (Wildman–Crippen MR) is 85.6 cm³/mol. The van der Waals surface area contributed by atoms with Gasteiger partial charge in [-0.25, -0.2) is 0 Å². The molecule has 1 aromatic rings. The zero-order valence-corrected chi connectivity index (χ0v) is 14.0. The van der Waals surface area contributed by atoms with Gasteiger partial charge < -0.3 is 9.64 Å². The van der Waals surface area contributed by atoms with E-state index in [0.29, 0.717) is 5.92 Å². The average Bonchev–Trinajstić information content (AvgIpc) is 3.12. The van der Waals surface area contributed by atoms with Crippen LogP contribution in [0.1, 0.15) is 52.5 Å². The van der Waals surface area contributed by atoms with Crippen molar-refractivity contribution in [1.29, 1.82) is 0 Å². The maximum absolute atomic E-state index is 12.9. The van der Waals surface area contributed by atoms with Gasteiger partial charge in [-0.15, -0.1) is 0 Å². The number of carbonyl (C=O) groups is 1. The molecule has 21 heavy (non-hydrogen) atoms. The zero-order chi connectivity index (χ0) is 15.8. The second-order valence-corrected chi connectivity index (χ2v) is 6.85. The molecule has 0 radical (unpaired) electrons. The monoisotopic (exact) mass is 289 g/mol. The van der Waals surface area contributed by atoms with Crippen LogP contribution in [0.2, 0.25) is 0 Å². The van der Waals surface area contributed by atoms with E-state index < -0.39 is 0 Å². The zero-order valence-electron chi connectivity index (χ0n) is 14.0. The highest BCUT2D eigenvalue weighted by molar-refractivity contribution is 5.87. The fraction of sp³-hybridized carbons (Fsp3) is 0.611. The Balaban J connectivity index is 2.16. The lowest BCUT2D eigenvalue weighted by molar-refractivity contribution is -0.140. The van der Waals surface area contributed by atoms with Crippen LogP contribution in [0.4, 0.5) is 0 Å². The highest BCUT2D eigenvalue weighted by Gasteiger charge is 2.58. The summed E-state index contributed by atoms with van der Waals surface area (Å²) in [4.78, 5) is 14.9. The maximum Gasteiger partial charge on any atom is 0.229 e. The van der Waals surface area contributed by atoms with Crippen LogP contribution in [-0.2, 0) is 4.79 Å². The third-order valence-corrected chi connectivity index (χ3v) is 4.59. The van der Waals surface area contributed by atoms with Crippen LogP contribution in [0, 0.1) is 5.41 Å². The van der Waals surface area contributed by atoms with Crippen molar-refractivity contribution in [3.63, 3.8) is 0 Å². The molecule has 0 bridgehead atoms. The van der Waals surface area contributed by atoms with Gasteiger partial charge in [-0.05, 0) is 57.7 Å². The van der Waals surface area contributed by atoms with Crippen LogP contribution in [-0.4, -0.2) is 30.0 Å². The Kier molecular flexibility index (Phi) is 4.31. The first-order valence-corrected chi connectivity index (χ1v) is 7.78. The van der Waals surface area contributed by atoms with Crippen LogP contribution in [0.15, 0.2) is 24.3 Å². The number of hydrogen-bond acceptors (Lipinski definition) is 2. The molecule has 2 atom stereocenters. The molecule has 0 aromatic heterocycles. The quantitative estimate of drug-likeness (QED) is 0.824. The largest absolute Gasteiger partial charge is 0.497 e. The molecule has 0 aliphatic heterocycles. The Morgan fingerprint density at radius 2 is 1.71 bits per heavy atom. The van der Waals surface area contributed by atoms with Crippen molar-refractivity contribution in [3.8, 4) is 5.75 Å². The summed E-state index contributed by atoms with van der Waals surface area (Å²) in [5.41, 5.74) is 0.988. The molecule has 3 nitrogen and oxygen atoms in total. The van der Waals surface area contributed by atoms with Gasteiger partial charge in [0, 0.05) is 12.1 Å². The molecule has 0 N–H and O–H groups in total. The van der Waals surface area contributed by atoms with Gasteiger partial charge in [-0.2, -0.15) is 0 Å². The van der Waals surface area contributed by atoms with E-state index in [-0.39, 0.29) is 23.4 Å². The SMILES string of the molecule is COc1ccc([C@@H]2C[C@@]2(C)C(=O)N(C(C)C)C(C)C)cc1. The van der Waals surface area contributed by atoms with Crippen molar-refractivity contribution in [2.75, 3.05) is 7.11 Å². The predicted octanol–water partition coefficient (Wildman–Crippen LogP) is 3.83. The number of benzene rings is 1. The lowest BCUT2D eigenvalue weighted by atomic mass is 9.98. The Morgan fingerprint density at radius 1 is 1.19 bits per heavy atom. The van der Waals surface area contributed by atoms with Gasteiger partial charge in [0.15, 0.2) is 0 Å². The van der Waals surface area contributed by atoms with Gasteiger partial charge in [0.2, 0.25) is 5.91 Å². The summed E-state index contributed by atoms with van der Waals surface area (Å²) in [5.74, 6) is 1.47. The molecule has 0 heterocycles. The summed E-state index contributed by atoms with van der Waals surface area (Å²) in [7, 11) is 1.67. The maximum atomic E-state index is 12.9. The Morgan fingerprint density at radius 3 is 2.14 bits per heavy atom. The van der Waals surface area contributed by atoms with Crippen LogP contribution in [0.3, 0.4) is 0 Å². The molecule has 3 heteroatoms. The molecule has 1 saturated carbocycles. The first-order valence-electron chi connectivity index (χ1n) is 7.78. The van der Waals surface area contributed by atoms with E-state index in [1.165, 1.54) is 5.56 Å². The van der Waals surface area contributed by atoms with Gasteiger partial charge in [-0.1, -0.05) is 19.1 Å². The van der Waals surface area contributed by atoms with E-state index >= 15 is 0 Å². The Bertz CT molecular complexity index is 498. The van der Waals surface area contributed by atoms with Gasteiger partial charge in [-0.3, -0.25) is 4.79 Å². The Labute approximate surface area is 128 Å². The number of nitrogens with zero attached hydrogens (tertiary/aromatic N) is 1. The minimum atomic E-state index is -0.247. The van der Waals surface area contributed by atoms with E-state index in [2.05, 4.69) is 46.8 Å². The van der Waals surface area contributed by atoms with Crippen LogP contribution >= 0.6 is 0 Å². The van der Waals surface area contributed by atoms with Gasteiger partial charge in [0.05, 0.1) is 12.5 Å². The molecular formula is C18H27NO2. The Hall–Kier alpha value is -1.51. The average molecular weight is 289 g/mol. The second kappa shape index (κ2) is 5.70. The number of amides is 1. The number of methoxy groups -OCH3 is 1. The molecule has 1 aliphatic rings. The molecule has 0 unspecified atom stereocenters. The third kappa shape index (κ3) is 2.92. The standard InChI is InChI=1S/C18H27NO2/c1-12(2)19(13(3)4)17(20)18(5)11-16(18)14-7-9-15(21-6)10-8-14/h7-10,12-13,16H,11H2,1-6H3/t16-,18+/m0/s1. The van der Waals surface area contributed by atoms with Crippen molar-refractivity contribution in [3.05, 3.63) is 29.8 Å². The van der Waals surface area contributed by atoms with Gasteiger partial charge >= 0.3 is 0 Å². The van der Waals surface area contributed by atoms with E-state index in [0.717, 1.165) is 12.2 Å². The number of carbonyl (C=O) groups excluding carboxylic acids is 1. The number of rotatable bonds is 5.